The van der Waals surface area contributed by atoms with E-state index >= 15 is 0 Å². The molecule has 0 radical (unpaired) electrons. The zero-order valence-corrected chi connectivity index (χ0v) is 19.1. The van der Waals surface area contributed by atoms with Crippen LogP contribution in [0.15, 0.2) is 0 Å². The number of hydrogen-bond acceptors (Lipinski definition) is 14. The molecular weight excluding hydrogens is 464 g/mol. The molecule has 0 amide bonds. The molecule has 0 spiro atoms. The van der Waals surface area contributed by atoms with Gasteiger partial charge in [0.15, 0.2) is 18.3 Å². The minimum atomic E-state index is -1.81. The fourth-order valence-electron chi connectivity index (χ4n) is 3.93. The van der Waals surface area contributed by atoms with Gasteiger partial charge in [0.05, 0.1) is 6.61 Å². The average Bonchev–Trinajstić information content (AvgIpc) is 2.73. The van der Waals surface area contributed by atoms with Crippen LogP contribution in [-0.2, 0) is 47.6 Å². The Morgan fingerprint density at radius 3 is 1.65 bits per heavy atom. The monoisotopic (exact) mass is 494 g/mol. The predicted molar refractivity (Wildman–Crippen MR) is 106 cm³/mol. The van der Waals surface area contributed by atoms with Crippen molar-refractivity contribution < 1.29 is 68.0 Å². The molecule has 2 fully saturated rings. The number of esters is 4. The predicted octanol–water partition coefficient (Wildman–Crippen LogP) is -3.05. The van der Waals surface area contributed by atoms with E-state index in [-0.39, 0.29) is 0 Å². The molecule has 2 aliphatic heterocycles. The van der Waals surface area contributed by atoms with E-state index in [0.717, 1.165) is 27.7 Å². The van der Waals surface area contributed by atoms with Crippen molar-refractivity contribution in [2.24, 2.45) is 0 Å². The van der Waals surface area contributed by atoms with Crippen LogP contribution in [0.4, 0.5) is 0 Å². The maximum absolute atomic E-state index is 11.9. The molecule has 194 valence electrons. The quantitative estimate of drug-likeness (QED) is 0.205. The molecule has 10 atom stereocenters. The number of carbonyl (C=O) groups excluding carboxylic acids is 4. The van der Waals surface area contributed by atoms with E-state index in [1.54, 1.807) is 0 Å². The van der Waals surface area contributed by atoms with E-state index in [1.807, 2.05) is 0 Å². The van der Waals surface area contributed by atoms with Crippen molar-refractivity contribution in [2.45, 2.75) is 88.7 Å². The Labute approximate surface area is 194 Å². The largest absolute Gasteiger partial charge is 0.463 e. The third-order valence-corrected chi connectivity index (χ3v) is 5.28. The second kappa shape index (κ2) is 11.9. The van der Waals surface area contributed by atoms with Crippen molar-refractivity contribution in [3.63, 3.8) is 0 Å². The Morgan fingerprint density at radius 2 is 1.15 bits per heavy atom. The Bertz CT molecular complexity index is 754. The Kier molecular flexibility index (Phi) is 9.73. The zero-order valence-electron chi connectivity index (χ0n) is 19.1. The normalized spacial score (nSPS) is 37.9. The van der Waals surface area contributed by atoms with Crippen LogP contribution in [0.25, 0.3) is 0 Å². The molecule has 2 rings (SSSR count). The van der Waals surface area contributed by atoms with Gasteiger partial charge in [0, 0.05) is 27.7 Å². The van der Waals surface area contributed by atoms with Crippen molar-refractivity contribution in [1.82, 2.24) is 0 Å². The third-order valence-electron chi connectivity index (χ3n) is 5.28. The fourth-order valence-corrected chi connectivity index (χ4v) is 3.93. The van der Waals surface area contributed by atoms with E-state index in [0.29, 0.717) is 0 Å². The number of ether oxygens (including phenoxy) is 6. The molecule has 2 aliphatic rings. The highest BCUT2D eigenvalue weighted by Crippen LogP contribution is 2.35. The standard InChI is InChI=1S/C20H30O14/c1-7(22)29-6-12-16(30-8(2)23)18(31-9(3)24)20(32-10(4)25)19(34-12)17-15(28)14(27)13(26)11(5-21)33-17/h11-21,26-28H,5-6H2,1-4H3/t11-,12-,13-,14+,15-,16-,17?,18+,19-,20-/m1/s1. The molecule has 0 bridgehead atoms. The van der Waals surface area contributed by atoms with E-state index in [2.05, 4.69) is 0 Å². The molecule has 34 heavy (non-hydrogen) atoms. The molecule has 2 heterocycles. The van der Waals surface area contributed by atoms with E-state index in [1.165, 1.54) is 0 Å². The Balaban J connectivity index is 2.54. The summed E-state index contributed by atoms with van der Waals surface area (Å²) in [5.41, 5.74) is 0. The molecule has 4 N–H and O–H groups in total. The lowest BCUT2D eigenvalue weighted by Gasteiger charge is -2.50. The minimum absolute atomic E-state index is 0.494. The molecule has 14 nitrogen and oxygen atoms in total. The van der Waals surface area contributed by atoms with Crippen LogP contribution in [0.5, 0.6) is 0 Å². The third kappa shape index (κ3) is 6.61. The van der Waals surface area contributed by atoms with Crippen molar-refractivity contribution in [3.8, 4) is 0 Å². The molecule has 0 aromatic heterocycles. The number of hydrogen-bond donors (Lipinski definition) is 4. The van der Waals surface area contributed by atoms with E-state index in [4.69, 9.17) is 28.4 Å². The van der Waals surface area contributed by atoms with Crippen LogP contribution in [0.1, 0.15) is 27.7 Å². The fraction of sp³-hybridized carbons (Fsp3) is 0.800. The van der Waals surface area contributed by atoms with Crippen molar-refractivity contribution >= 4 is 23.9 Å². The Morgan fingerprint density at radius 1 is 0.647 bits per heavy atom. The van der Waals surface area contributed by atoms with Gasteiger partial charge in [-0.15, -0.1) is 0 Å². The summed E-state index contributed by atoms with van der Waals surface area (Å²) in [5.74, 6) is -3.23. The summed E-state index contributed by atoms with van der Waals surface area (Å²) in [6, 6.07) is 0. The maximum Gasteiger partial charge on any atom is 0.303 e. The Hall–Kier alpha value is -2.36. The second-order valence-electron chi connectivity index (χ2n) is 7.96. The first-order chi connectivity index (χ1) is 15.9. The SMILES string of the molecule is CC(=O)OC[C@H]1O[C@H](C2O[C@H](CO)[C@@H](O)[C@H](O)[C@H]2O)[C@H](OC(C)=O)[C@@H](OC(C)=O)[C@@H]1OC(C)=O. The van der Waals surface area contributed by atoms with Gasteiger partial charge in [0.1, 0.15) is 49.3 Å². The summed E-state index contributed by atoms with van der Waals surface area (Å²) in [6.07, 6.45) is -15.4. The van der Waals surface area contributed by atoms with Crippen LogP contribution in [0.2, 0.25) is 0 Å². The van der Waals surface area contributed by atoms with Gasteiger partial charge in [-0.05, 0) is 0 Å². The molecule has 0 aliphatic carbocycles. The number of carbonyl (C=O) groups is 4. The minimum Gasteiger partial charge on any atom is -0.463 e. The topological polar surface area (TPSA) is 205 Å². The zero-order chi connectivity index (χ0) is 25.7. The number of rotatable bonds is 7. The van der Waals surface area contributed by atoms with Gasteiger partial charge in [0.25, 0.3) is 0 Å². The highest BCUT2D eigenvalue weighted by Gasteiger charge is 2.58. The smallest absolute Gasteiger partial charge is 0.303 e. The van der Waals surface area contributed by atoms with Crippen LogP contribution in [-0.4, -0.2) is 119 Å². The lowest BCUT2D eigenvalue weighted by Crippen LogP contribution is -2.70. The number of aliphatic hydroxyl groups is 4. The van der Waals surface area contributed by atoms with Gasteiger partial charge < -0.3 is 48.8 Å². The summed E-state index contributed by atoms with van der Waals surface area (Å²) in [6.45, 7) is 3.04. The summed E-state index contributed by atoms with van der Waals surface area (Å²) < 4.78 is 32.2. The molecule has 14 heteroatoms. The maximum atomic E-state index is 11.9. The van der Waals surface area contributed by atoms with Gasteiger partial charge >= 0.3 is 23.9 Å². The van der Waals surface area contributed by atoms with Crippen LogP contribution in [0.3, 0.4) is 0 Å². The van der Waals surface area contributed by atoms with Crippen LogP contribution >= 0.6 is 0 Å². The van der Waals surface area contributed by atoms with Gasteiger partial charge in [0.2, 0.25) is 0 Å². The molecule has 0 saturated carbocycles. The van der Waals surface area contributed by atoms with Crippen LogP contribution in [0, 0.1) is 0 Å². The average molecular weight is 494 g/mol. The first-order valence-electron chi connectivity index (χ1n) is 10.5. The van der Waals surface area contributed by atoms with E-state index < -0.39 is 98.1 Å². The lowest BCUT2D eigenvalue weighted by atomic mass is 9.85. The van der Waals surface area contributed by atoms with Gasteiger partial charge in [-0.25, -0.2) is 0 Å². The molecule has 2 saturated heterocycles. The molecule has 0 aromatic rings. The first-order valence-corrected chi connectivity index (χ1v) is 10.5. The molecule has 1 unspecified atom stereocenters. The lowest BCUT2D eigenvalue weighted by molar-refractivity contribution is -0.306. The van der Waals surface area contributed by atoms with Gasteiger partial charge in [-0.1, -0.05) is 0 Å². The molecule has 0 aromatic carbocycles. The van der Waals surface area contributed by atoms with Crippen LogP contribution < -0.4 is 0 Å². The van der Waals surface area contributed by atoms with Crippen molar-refractivity contribution in [2.75, 3.05) is 13.2 Å². The van der Waals surface area contributed by atoms with Crippen molar-refractivity contribution in [3.05, 3.63) is 0 Å². The highest BCUT2D eigenvalue weighted by molar-refractivity contribution is 5.68. The van der Waals surface area contributed by atoms with Crippen molar-refractivity contribution in [1.29, 1.82) is 0 Å². The summed E-state index contributed by atoms with van der Waals surface area (Å²) in [5, 5.41) is 40.4. The second-order valence-corrected chi connectivity index (χ2v) is 7.96. The summed E-state index contributed by atoms with van der Waals surface area (Å²) in [4.78, 5) is 46.9. The van der Waals surface area contributed by atoms with E-state index in [9.17, 15) is 39.6 Å². The number of aliphatic hydroxyl groups excluding tert-OH is 4. The molecular formula is C20H30O14. The van der Waals surface area contributed by atoms with Gasteiger partial charge in [-0.3, -0.25) is 19.2 Å². The van der Waals surface area contributed by atoms with Gasteiger partial charge in [-0.2, -0.15) is 0 Å². The summed E-state index contributed by atoms with van der Waals surface area (Å²) >= 11 is 0. The highest BCUT2D eigenvalue weighted by atomic mass is 16.7. The summed E-state index contributed by atoms with van der Waals surface area (Å²) in [7, 11) is 0. The first kappa shape index (κ1) is 27.9.